The second-order valence-corrected chi connectivity index (χ2v) is 5.57. The number of carbonyl (C=O) groups excluding carboxylic acids is 1. The number of carbonyl (C=O) groups is 2. The quantitative estimate of drug-likeness (QED) is 0.781. The van der Waals surface area contributed by atoms with Gasteiger partial charge in [-0.1, -0.05) is 11.6 Å². The molecule has 0 radical (unpaired) electrons. The van der Waals surface area contributed by atoms with E-state index < -0.39 is 5.97 Å². The molecule has 1 aromatic rings. The Morgan fingerprint density at radius 2 is 2.05 bits per heavy atom. The second-order valence-electron chi connectivity index (χ2n) is 5.16. The standard InChI is InChI=1S/C14H18ClN3O3/c15-11-7-9(14(20)21)1-2-12(11)17-13(19)8-18-5-3-10(16)4-6-18/h1-2,7,10H,3-6,8,16H2,(H,17,19)(H,20,21). The Bertz CT molecular complexity index is 542. The van der Waals surface area contributed by atoms with Gasteiger partial charge in [-0.3, -0.25) is 9.69 Å². The molecular formula is C14H18ClN3O3. The third-order valence-corrected chi connectivity index (χ3v) is 3.80. The molecule has 0 bridgehead atoms. The van der Waals surface area contributed by atoms with Gasteiger partial charge in [0.05, 0.1) is 22.8 Å². The minimum Gasteiger partial charge on any atom is -0.478 e. The molecule has 1 aromatic carbocycles. The summed E-state index contributed by atoms with van der Waals surface area (Å²) in [5.41, 5.74) is 6.32. The van der Waals surface area contributed by atoms with E-state index >= 15 is 0 Å². The minimum absolute atomic E-state index is 0.0861. The zero-order chi connectivity index (χ0) is 15.4. The Hall–Kier alpha value is -1.63. The molecule has 1 aliphatic heterocycles. The fourth-order valence-electron chi connectivity index (χ4n) is 2.25. The van der Waals surface area contributed by atoms with Crippen molar-refractivity contribution in [2.24, 2.45) is 5.73 Å². The van der Waals surface area contributed by atoms with E-state index in [-0.39, 0.29) is 29.1 Å². The summed E-state index contributed by atoms with van der Waals surface area (Å²) in [7, 11) is 0. The number of benzene rings is 1. The number of aromatic carboxylic acids is 1. The number of nitrogens with one attached hydrogen (secondary N) is 1. The van der Waals surface area contributed by atoms with E-state index in [0.717, 1.165) is 25.9 Å². The molecule has 7 heteroatoms. The highest BCUT2D eigenvalue weighted by Crippen LogP contribution is 2.23. The van der Waals surface area contributed by atoms with Gasteiger partial charge >= 0.3 is 5.97 Å². The van der Waals surface area contributed by atoms with Crippen LogP contribution < -0.4 is 11.1 Å². The molecule has 0 aromatic heterocycles. The summed E-state index contributed by atoms with van der Waals surface area (Å²) in [6, 6.07) is 4.45. The van der Waals surface area contributed by atoms with Crippen LogP contribution in [0.15, 0.2) is 18.2 Å². The third kappa shape index (κ3) is 4.42. The third-order valence-electron chi connectivity index (χ3n) is 3.49. The SMILES string of the molecule is NC1CCN(CC(=O)Nc2ccc(C(=O)O)cc2Cl)CC1. The summed E-state index contributed by atoms with van der Waals surface area (Å²) >= 11 is 5.97. The number of nitrogens with two attached hydrogens (primary N) is 1. The van der Waals surface area contributed by atoms with Gasteiger partial charge in [0.15, 0.2) is 0 Å². The average molecular weight is 312 g/mol. The highest BCUT2D eigenvalue weighted by Gasteiger charge is 2.18. The van der Waals surface area contributed by atoms with E-state index in [4.69, 9.17) is 22.4 Å². The van der Waals surface area contributed by atoms with Crippen LogP contribution in [0, 0.1) is 0 Å². The maximum atomic E-state index is 12.0. The van der Waals surface area contributed by atoms with E-state index in [0.29, 0.717) is 5.69 Å². The summed E-state index contributed by atoms with van der Waals surface area (Å²) < 4.78 is 0. The van der Waals surface area contributed by atoms with E-state index in [9.17, 15) is 9.59 Å². The number of rotatable bonds is 4. The molecule has 1 heterocycles. The van der Waals surface area contributed by atoms with Crippen molar-refractivity contribution in [2.45, 2.75) is 18.9 Å². The number of hydrogen-bond donors (Lipinski definition) is 3. The van der Waals surface area contributed by atoms with Crippen LogP contribution in [0.1, 0.15) is 23.2 Å². The van der Waals surface area contributed by atoms with Crippen molar-refractivity contribution < 1.29 is 14.7 Å². The summed E-state index contributed by atoms with van der Waals surface area (Å²) in [6.45, 7) is 1.89. The second kappa shape index (κ2) is 6.89. The first-order valence-electron chi connectivity index (χ1n) is 6.76. The van der Waals surface area contributed by atoms with Gasteiger partial charge < -0.3 is 16.2 Å². The van der Waals surface area contributed by atoms with Crippen molar-refractivity contribution in [3.63, 3.8) is 0 Å². The molecule has 2 rings (SSSR count). The van der Waals surface area contributed by atoms with Crippen molar-refractivity contribution in [1.29, 1.82) is 0 Å². The minimum atomic E-state index is -1.06. The predicted molar refractivity (Wildman–Crippen MR) is 80.7 cm³/mol. The lowest BCUT2D eigenvalue weighted by Crippen LogP contribution is -2.43. The molecule has 4 N–H and O–H groups in total. The van der Waals surface area contributed by atoms with Crippen LogP contribution in [0.25, 0.3) is 0 Å². The molecule has 1 amide bonds. The van der Waals surface area contributed by atoms with Gasteiger partial charge in [0.1, 0.15) is 0 Å². The Labute approximate surface area is 127 Å². The molecule has 0 unspecified atom stereocenters. The molecule has 1 saturated heterocycles. The first kappa shape index (κ1) is 15.8. The lowest BCUT2D eigenvalue weighted by molar-refractivity contribution is -0.117. The van der Waals surface area contributed by atoms with Gasteiger partial charge in [0.25, 0.3) is 0 Å². The van der Waals surface area contributed by atoms with Gasteiger partial charge in [-0.2, -0.15) is 0 Å². The number of anilines is 1. The highest BCUT2D eigenvalue weighted by molar-refractivity contribution is 6.34. The zero-order valence-corrected chi connectivity index (χ0v) is 12.3. The van der Waals surface area contributed by atoms with Gasteiger partial charge in [-0.05, 0) is 31.0 Å². The van der Waals surface area contributed by atoms with Crippen LogP contribution in [0.5, 0.6) is 0 Å². The Morgan fingerprint density at radius 1 is 1.38 bits per heavy atom. The summed E-state index contributed by atoms with van der Waals surface area (Å²) in [6.07, 6.45) is 1.78. The fraction of sp³-hybridized carbons (Fsp3) is 0.429. The number of carboxylic acids is 1. The maximum absolute atomic E-state index is 12.0. The van der Waals surface area contributed by atoms with Crippen molar-refractivity contribution in [3.8, 4) is 0 Å². The number of halogens is 1. The molecule has 6 nitrogen and oxygen atoms in total. The van der Waals surface area contributed by atoms with Gasteiger partial charge in [-0.25, -0.2) is 4.79 Å². The molecule has 0 atom stereocenters. The normalized spacial score (nSPS) is 16.7. The van der Waals surface area contributed by atoms with Crippen LogP contribution in [0.3, 0.4) is 0 Å². The largest absolute Gasteiger partial charge is 0.478 e. The van der Waals surface area contributed by atoms with E-state index in [2.05, 4.69) is 5.32 Å². The van der Waals surface area contributed by atoms with Crippen molar-refractivity contribution in [2.75, 3.05) is 25.0 Å². The number of nitrogens with zero attached hydrogens (tertiary/aromatic N) is 1. The monoisotopic (exact) mass is 311 g/mol. The summed E-state index contributed by atoms with van der Waals surface area (Å²) in [5, 5.41) is 11.8. The molecular weight excluding hydrogens is 294 g/mol. The Balaban J connectivity index is 1.92. The van der Waals surface area contributed by atoms with Crippen molar-refractivity contribution in [1.82, 2.24) is 4.90 Å². The molecule has 0 aliphatic carbocycles. The average Bonchev–Trinajstić information content (AvgIpc) is 2.43. The maximum Gasteiger partial charge on any atom is 0.335 e. The number of hydrogen-bond acceptors (Lipinski definition) is 4. The van der Waals surface area contributed by atoms with Gasteiger partial charge in [-0.15, -0.1) is 0 Å². The molecule has 21 heavy (non-hydrogen) atoms. The van der Waals surface area contributed by atoms with E-state index in [1.807, 2.05) is 4.90 Å². The summed E-state index contributed by atoms with van der Waals surface area (Å²) in [5.74, 6) is -1.23. The first-order chi connectivity index (χ1) is 9.95. The lowest BCUT2D eigenvalue weighted by atomic mass is 10.1. The van der Waals surface area contributed by atoms with Crippen molar-refractivity contribution in [3.05, 3.63) is 28.8 Å². The van der Waals surface area contributed by atoms with Crippen LogP contribution in [0.4, 0.5) is 5.69 Å². The molecule has 0 spiro atoms. The fourth-order valence-corrected chi connectivity index (χ4v) is 2.48. The number of amides is 1. The zero-order valence-electron chi connectivity index (χ0n) is 11.5. The molecule has 114 valence electrons. The topological polar surface area (TPSA) is 95.7 Å². The van der Waals surface area contributed by atoms with Crippen LogP contribution in [-0.4, -0.2) is 47.6 Å². The lowest BCUT2D eigenvalue weighted by Gasteiger charge is -2.29. The van der Waals surface area contributed by atoms with Gasteiger partial charge in [0, 0.05) is 19.1 Å². The smallest absolute Gasteiger partial charge is 0.335 e. The predicted octanol–water partition coefficient (Wildman–Crippen LogP) is 1.40. The number of likely N-dealkylation sites (tertiary alicyclic amines) is 1. The van der Waals surface area contributed by atoms with Crippen LogP contribution in [-0.2, 0) is 4.79 Å². The number of carboxylic acid groups (broad SMARTS) is 1. The van der Waals surface area contributed by atoms with Crippen LogP contribution >= 0.6 is 11.6 Å². The van der Waals surface area contributed by atoms with E-state index in [1.54, 1.807) is 0 Å². The van der Waals surface area contributed by atoms with Crippen LogP contribution in [0.2, 0.25) is 5.02 Å². The van der Waals surface area contributed by atoms with Gasteiger partial charge in [0.2, 0.25) is 5.91 Å². The first-order valence-corrected chi connectivity index (χ1v) is 7.14. The highest BCUT2D eigenvalue weighted by atomic mass is 35.5. The Morgan fingerprint density at radius 3 is 2.62 bits per heavy atom. The molecule has 1 fully saturated rings. The number of piperidine rings is 1. The molecule has 1 aliphatic rings. The molecule has 0 saturated carbocycles. The Kier molecular flexibility index (Phi) is 5.17. The van der Waals surface area contributed by atoms with E-state index in [1.165, 1.54) is 18.2 Å². The van der Waals surface area contributed by atoms with Crippen molar-refractivity contribution >= 4 is 29.2 Å². The summed E-state index contributed by atoms with van der Waals surface area (Å²) in [4.78, 5) is 24.8.